The van der Waals surface area contributed by atoms with Crippen molar-refractivity contribution in [2.24, 2.45) is 0 Å². The fourth-order valence-electron chi connectivity index (χ4n) is 2.22. The number of aromatic nitrogens is 1. The Labute approximate surface area is 119 Å². The molecule has 0 spiro atoms. The van der Waals surface area contributed by atoms with Crippen LogP contribution in [0.4, 0.5) is 5.88 Å². The van der Waals surface area contributed by atoms with Crippen molar-refractivity contribution in [3.05, 3.63) is 11.8 Å². The second-order valence-corrected chi connectivity index (χ2v) is 6.46. The molecule has 6 heteroatoms. The van der Waals surface area contributed by atoms with Gasteiger partial charge in [0.25, 0.3) is 0 Å². The van der Waals surface area contributed by atoms with E-state index in [1.165, 1.54) is 0 Å². The van der Waals surface area contributed by atoms with Crippen LogP contribution in [-0.2, 0) is 10.2 Å². The number of piperazine rings is 1. The van der Waals surface area contributed by atoms with Gasteiger partial charge in [-0.1, -0.05) is 25.9 Å². The van der Waals surface area contributed by atoms with E-state index < -0.39 is 0 Å². The minimum atomic E-state index is -0.0829. The maximum Gasteiger partial charge on any atom is 0.240 e. The Balaban J connectivity index is 1.86. The number of amides is 1. The van der Waals surface area contributed by atoms with E-state index in [2.05, 4.69) is 48.4 Å². The predicted molar refractivity (Wildman–Crippen MR) is 77.7 cm³/mol. The molecule has 0 bridgehead atoms. The SMILES string of the molecule is C[C@H]1CN(CC(=O)Nc2cc(C(C)(C)C)no2)CCN1. The zero-order valence-corrected chi connectivity index (χ0v) is 12.7. The monoisotopic (exact) mass is 280 g/mol. The molecular weight excluding hydrogens is 256 g/mol. The number of rotatable bonds is 3. The van der Waals surface area contributed by atoms with Crippen molar-refractivity contribution < 1.29 is 9.32 Å². The number of hydrogen-bond donors (Lipinski definition) is 2. The van der Waals surface area contributed by atoms with Crippen molar-refractivity contribution >= 4 is 11.8 Å². The number of carbonyl (C=O) groups excluding carboxylic acids is 1. The third kappa shape index (κ3) is 4.05. The molecule has 1 amide bonds. The van der Waals surface area contributed by atoms with Gasteiger partial charge in [-0.3, -0.25) is 15.0 Å². The predicted octanol–water partition coefficient (Wildman–Crippen LogP) is 1.20. The van der Waals surface area contributed by atoms with Gasteiger partial charge in [-0.15, -0.1) is 0 Å². The quantitative estimate of drug-likeness (QED) is 0.870. The maximum absolute atomic E-state index is 12.0. The van der Waals surface area contributed by atoms with Crippen LogP contribution in [0.25, 0.3) is 0 Å². The van der Waals surface area contributed by atoms with E-state index in [0.29, 0.717) is 18.5 Å². The summed E-state index contributed by atoms with van der Waals surface area (Å²) in [6.07, 6.45) is 0. The van der Waals surface area contributed by atoms with Gasteiger partial charge in [0, 0.05) is 37.2 Å². The molecule has 1 aliphatic heterocycles. The molecule has 1 saturated heterocycles. The van der Waals surface area contributed by atoms with Gasteiger partial charge in [0.1, 0.15) is 0 Å². The summed E-state index contributed by atoms with van der Waals surface area (Å²) in [5.41, 5.74) is 0.754. The third-order valence-corrected chi connectivity index (χ3v) is 3.36. The zero-order chi connectivity index (χ0) is 14.8. The molecule has 112 valence electrons. The maximum atomic E-state index is 12.0. The summed E-state index contributed by atoms with van der Waals surface area (Å²) < 4.78 is 5.16. The molecule has 0 radical (unpaired) electrons. The normalized spacial score (nSPS) is 20.9. The smallest absolute Gasteiger partial charge is 0.240 e. The molecule has 2 N–H and O–H groups in total. The van der Waals surface area contributed by atoms with E-state index in [-0.39, 0.29) is 11.3 Å². The van der Waals surface area contributed by atoms with Gasteiger partial charge in [0.05, 0.1) is 12.2 Å². The van der Waals surface area contributed by atoms with Crippen LogP contribution in [0.5, 0.6) is 0 Å². The molecule has 20 heavy (non-hydrogen) atoms. The van der Waals surface area contributed by atoms with Gasteiger partial charge in [-0.05, 0) is 6.92 Å². The van der Waals surface area contributed by atoms with Crippen molar-refractivity contribution in [1.29, 1.82) is 0 Å². The van der Waals surface area contributed by atoms with Crippen LogP contribution in [0.2, 0.25) is 0 Å². The Hall–Kier alpha value is -1.40. The first kappa shape index (κ1) is 15.0. The molecule has 0 unspecified atom stereocenters. The van der Waals surface area contributed by atoms with Gasteiger partial charge < -0.3 is 9.84 Å². The van der Waals surface area contributed by atoms with Gasteiger partial charge in [-0.2, -0.15) is 0 Å². The highest BCUT2D eigenvalue weighted by atomic mass is 16.5. The van der Waals surface area contributed by atoms with Crippen LogP contribution >= 0.6 is 0 Å². The molecule has 1 aliphatic rings. The lowest BCUT2D eigenvalue weighted by Gasteiger charge is -2.30. The highest BCUT2D eigenvalue weighted by Gasteiger charge is 2.21. The topological polar surface area (TPSA) is 70.4 Å². The Bertz CT molecular complexity index is 464. The summed E-state index contributed by atoms with van der Waals surface area (Å²) in [4.78, 5) is 14.1. The van der Waals surface area contributed by atoms with E-state index in [1.807, 2.05) is 0 Å². The number of nitrogens with one attached hydrogen (secondary N) is 2. The van der Waals surface area contributed by atoms with Gasteiger partial charge >= 0.3 is 0 Å². The standard InChI is InChI=1S/C14H24N4O2/c1-10-8-18(6-5-15-10)9-12(19)16-13-7-11(17-20-13)14(2,3)4/h7,10,15H,5-6,8-9H2,1-4H3,(H,16,19)/t10-/m0/s1. The Morgan fingerprint density at radius 3 is 2.95 bits per heavy atom. The van der Waals surface area contributed by atoms with Gasteiger partial charge in [0.2, 0.25) is 11.8 Å². The highest BCUT2D eigenvalue weighted by molar-refractivity contribution is 5.91. The molecule has 0 saturated carbocycles. The van der Waals surface area contributed by atoms with Crippen LogP contribution in [0.15, 0.2) is 10.6 Å². The molecule has 1 atom stereocenters. The fraction of sp³-hybridized carbons (Fsp3) is 0.714. The molecule has 2 rings (SSSR count). The summed E-state index contributed by atoms with van der Waals surface area (Å²) in [7, 11) is 0. The lowest BCUT2D eigenvalue weighted by molar-refractivity contribution is -0.117. The van der Waals surface area contributed by atoms with Crippen LogP contribution in [0.1, 0.15) is 33.4 Å². The highest BCUT2D eigenvalue weighted by Crippen LogP contribution is 2.23. The van der Waals surface area contributed by atoms with E-state index >= 15 is 0 Å². The minimum absolute atomic E-state index is 0.0595. The lowest BCUT2D eigenvalue weighted by atomic mass is 9.92. The van der Waals surface area contributed by atoms with E-state index in [1.54, 1.807) is 6.07 Å². The Kier molecular flexibility index (Phi) is 4.45. The first-order chi connectivity index (χ1) is 9.34. The minimum Gasteiger partial charge on any atom is -0.338 e. The fourth-order valence-corrected chi connectivity index (χ4v) is 2.22. The molecule has 0 aliphatic carbocycles. The van der Waals surface area contributed by atoms with Crippen molar-refractivity contribution in [3.63, 3.8) is 0 Å². The zero-order valence-electron chi connectivity index (χ0n) is 12.7. The molecule has 6 nitrogen and oxygen atoms in total. The van der Waals surface area contributed by atoms with E-state index in [9.17, 15) is 4.79 Å². The van der Waals surface area contributed by atoms with Gasteiger partial charge in [0.15, 0.2) is 0 Å². The molecule has 0 aromatic carbocycles. The molecular formula is C14H24N4O2. The van der Waals surface area contributed by atoms with Crippen molar-refractivity contribution in [2.45, 2.75) is 39.2 Å². The van der Waals surface area contributed by atoms with Crippen molar-refractivity contribution in [1.82, 2.24) is 15.4 Å². The number of anilines is 1. The summed E-state index contributed by atoms with van der Waals surface area (Å²) in [5.74, 6) is 0.360. The summed E-state index contributed by atoms with van der Waals surface area (Å²) >= 11 is 0. The Morgan fingerprint density at radius 1 is 1.60 bits per heavy atom. The van der Waals surface area contributed by atoms with Crippen LogP contribution < -0.4 is 10.6 Å². The summed E-state index contributed by atoms with van der Waals surface area (Å²) in [6.45, 7) is 11.4. The largest absolute Gasteiger partial charge is 0.338 e. The lowest BCUT2D eigenvalue weighted by Crippen LogP contribution is -2.51. The molecule has 1 fully saturated rings. The molecule has 2 heterocycles. The second-order valence-electron chi connectivity index (χ2n) is 6.46. The molecule has 1 aromatic rings. The number of carbonyl (C=O) groups is 1. The van der Waals surface area contributed by atoms with Crippen molar-refractivity contribution in [3.8, 4) is 0 Å². The first-order valence-electron chi connectivity index (χ1n) is 7.07. The first-order valence-corrected chi connectivity index (χ1v) is 7.07. The summed E-state index contributed by atoms with van der Waals surface area (Å²) in [6, 6.07) is 2.22. The van der Waals surface area contributed by atoms with Crippen LogP contribution in [-0.4, -0.2) is 48.2 Å². The van der Waals surface area contributed by atoms with Gasteiger partial charge in [-0.25, -0.2) is 0 Å². The van der Waals surface area contributed by atoms with Crippen molar-refractivity contribution in [2.75, 3.05) is 31.5 Å². The number of hydrogen-bond acceptors (Lipinski definition) is 5. The Morgan fingerprint density at radius 2 is 2.35 bits per heavy atom. The third-order valence-electron chi connectivity index (χ3n) is 3.36. The molecule has 1 aromatic heterocycles. The number of nitrogens with zero attached hydrogens (tertiary/aromatic N) is 2. The average Bonchev–Trinajstić information content (AvgIpc) is 2.76. The van der Waals surface area contributed by atoms with Crippen LogP contribution in [0, 0.1) is 0 Å². The van der Waals surface area contributed by atoms with Crippen LogP contribution in [0.3, 0.4) is 0 Å². The van der Waals surface area contributed by atoms with E-state index in [0.717, 1.165) is 25.3 Å². The average molecular weight is 280 g/mol. The van der Waals surface area contributed by atoms with E-state index in [4.69, 9.17) is 4.52 Å². The second kappa shape index (κ2) is 5.93. The summed E-state index contributed by atoms with van der Waals surface area (Å²) in [5, 5.41) is 10.1.